The van der Waals surface area contributed by atoms with Gasteiger partial charge in [-0.1, -0.05) is 13.0 Å². The maximum atomic E-state index is 14.1. The zero-order valence-electron chi connectivity index (χ0n) is 13.5. The molecule has 5 nitrogen and oxygen atoms in total. The van der Waals surface area contributed by atoms with E-state index in [4.69, 9.17) is 14.4 Å². The first-order valence-corrected chi connectivity index (χ1v) is 8.61. The predicted molar refractivity (Wildman–Crippen MR) is 81.6 cm³/mol. The van der Waals surface area contributed by atoms with E-state index in [0.29, 0.717) is 0 Å². The van der Waals surface area contributed by atoms with Crippen LogP contribution in [0.25, 0.3) is 0 Å². The minimum absolute atomic E-state index is 0.244. The van der Waals surface area contributed by atoms with Gasteiger partial charge >= 0.3 is 7.12 Å². The number of allylic oxidation sites excluding steroid dienone is 1. The van der Waals surface area contributed by atoms with Crippen LogP contribution < -0.4 is 5.14 Å². The Labute approximate surface area is 127 Å². The van der Waals surface area contributed by atoms with E-state index in [2.05, 4.69) is 0 Å². The molecule has 0 aromatic heterocycles. The van der Waals surface area contributed by atoms with E-state index in [1.807, 2.05) is 27.7 Å². The molecule has 0 bridgehead atoms. The van der Waals surface area contributed by atoms with Crippen molar-refractivity contribution >= 4 is 17.1 Å². The molecule has 0 aromatic rings. The van der Waals surface area contributed by atoms with E-state index >= 15 is 0 Å². The van der Waals surface area contributed by atoms with Crippen LogP contribution in [0.5, 0.6) is 0 Å². The fourth-order valence-electron chi connectivity index (χ4n) is 1.87. The lowest BCUT2D eigenvalue weighted by molar-refractivity contribution is 0.00578. The zero-order valence-corrected chi connectivity index (χ0v) is 14.3. The summed E-state index contributed by atoms with van der Waals surface area (Å²) in [4.78, 5) is 0. The van der Waals surface area contributed by atoms with Gasteiger partial charge in [0.1, 0.15) is 5.73 Å². The molecule has 1 aliphatic heterocycles. The number of primary sulfonamides is 1. The molecule has 0 aliphatic carbocycles. The normalized spacial score (nSPS) is 25.0. The van der Waals surface area contributed by atoms with Crippen molar-refractivity contribution < 1.29 is 22.1 Å². The maximum absolute atomic E-state index is 14.1. The van der Waals surface area contributed by atoms with Crippen LogP contribution in [0.3, 0.4) is 0 Å². The highest BCUT2D eigenvalue weighted by atomic mass is 32.2. The first-order valence-electron chi connectivity index (χ1n) is 7.01. The van der Waals surface area contributed by atoms with E-state index in [0.717, 1.165) is 0 Å². The van der Waals surface area contributed by atoms with Gasteiger partial charge in [-0.25, -0.2) is 17.9 Å². The first kappa shape index (κ1) is 18.6. The first-order chi connectivity index (χ1) is 9.28. The second-order valence-corrected chi connectivity index (χ2v) is 8.61. The van der Waals surface area contributed by atoms with Crippen molar-refractivity contribution in [3.8, 4) is 0 Å². The summed E-state index contributed by atoms with van der Waals surface area (Å²) in [7, 11) is -4.67. The summed E-state index contributed by atoms with van der Waals surface area (Å²) in [5.74, 6) is -0.298. The lowest BCUT2D eigenvalue weighted by Gasteiger charge is -2.32. The highest BCUT2D eigenvalue weighted by Crippen LogP contribution is 2.38. The number of rotatable bonds is 5. The van der Waals surface area contributed by atoms with Crippen molar-refractivity contribution in [1.82, 2.24) is 0 Å². The smallest absolute Gasteiger partial charge is 0.398 e. The molecule has 0 unspecified atom stereocenters. The van der Waals surface area contributed by atoms with Crippen molar-refractivity contribution in [2.24, 2.45) is 11.1 Å². The average Bonchev–Trinajstić information content (AvgIpc) is 2.53. The Kier molecular flexibility index (Phi) is 5.31. The molecule has 0 saturated carbocycles. The zero-order chi connectivity index (χ0) is 16.6. The molecule has 1 heterocycles. The van der Waals surface area contributed by atoms with Gasteiger partial charge < -0.3 is 9.31 Å². The largest absolute Gasteiger partial charge is 0.524 e. The van der Waals surface area contributed by atoms with Crippen molar-refractivity contribution in [3.63, 3.8) is 0 Å². The van der Waals surface area contributed by atoms with Crippen LogP contribution in [-0.4, -0.2) is 32.0 Å². The van der Waals surface area contributed by atoms with E-state index in [1.165, 1.54) is 13.0 Å². The molecule has 0 amide bonds. The summed E-state index contributed by atoms with van der Waals surface area (Å²) in [5, 5.41) is 4.35. The third kappa shape index (κ3) is 4.28. The molecule has 1 aliphatic rings. The number of sulfonamides is 1. The van der Waals surface area contributed by atoms with Gasteiger partial charge in [0, 0.05) is 0 Å². The van der Waals surface area contributed by atoms with Gasteiger partial charge in [0.05, 0.1) is 16.5 Å². The summed E-state index contributed by atoms with van der Waals surface area (Å²) in [6, 6.07) is 0. The fraction of sp³-hybridized carbons (Fsp3) is 0.846. The van der Waals surface area contributed by atoms with Gasteiger partial charge in [0.15, 0.2) is 0 Å². The molecular formula is C13H25BFNO4S. The van der Waals surface area contributed by atoms with E-state index in [-0.39, 0.29) is 12.3 Å². The Morgan fingerprint density at radius 3 is 2.05 bits per heavy atom. The number of nitrogens with two attached hydrogens (primary N) is 1. The molecule has 21 heavy (non-hydrogen) atoms. The molecule has 1 saturated heterocycles. The molecule has 0 radical (unpaired) electrons. The Balaban J connectivity index is 2.71. The molecule has 8 heteroatoms. The number of hydrogen-bond donors (Lipinski definition) is 1. The van der Waals surface area contributed by atoms with Crippen molar-refractivity contribution in [3.05, 3.63) is 11.8 Å². The van der Waals surface area contributed by atoms with Gasteiger partial charge in [0.25, 0.3) is 0 Å². The van der Waals surface area contributed by atoms with Crippen molar-refractivity contribution in [2.75, 3.05) is 0 Å². The Morgan fingerprint density at radius 1 is 1.24 bits per heavy atom. The van der Waals surface area contributed by atoms with Crippen LogP contribution in [0.2, 0.25) is 0 Å². The fourth-order valence-corrected chi connectivity index (χ4v) is 2.62. The summed E-state index contributed by atoms with van der Waals surface area (Å²) in [6.07, 6.45) is 1.56. The lowest BCUT2D eigenvalue weighted by Crippen LogP contribution is -2.41. The van der Waals surface area contributed by atoms with Crippen LogP contribution in [0, 0.1) is 5.92 Å². The average molecular weight is 321 g/mol. The highest BCUT2D eigenvalue weighted by molar-refractivity contribution is 7.89. The molecule has 122 valence electrons. The molecule has 2 N–H and O–H groups in total. The molecule has 2 atom stereocenters. The van der Waals surface area contributed by atoms with Crippen LogP contribution in [0.1, 0.15) is 48.0 Å². The van der Waals surface area contributed by atoms with Gasteiger partial charge in [-0.3, -0.25) is 0 Å². The van der Waals surface area contributed by atoms with Crippen LogP contribution in [0.15, 0.2) is 11.8 Å². The minimum Gasteiger partial charge on any atom is -0.398 e. The van der Waals surface area contributed by atoms with Gasteiger partial charge in [0.2, 0.25) is 10.0 Å². The van der Waals surface area contributed by atoms with Gasteiger partial charge in [-0.05, 0) is 47.0 Å². The summed E-state index contributed by atoms with van der Waals surface area (Å²) >= 11 is 0. The quantitative estimate of drug-likeness (QED) is 0.787. The SMILES string of the molecule is C[C@H]([C@@H](C)C/C=C(\F)B1OC(C)(C)C(C)(C)O1)S(N)(=O)=O. The third-order valence-corrected chi connectivity index (χ3v) is 5.98. The van der Waals surface area contributed by atoms with Crippen molar-refractivity contribution in [1.29, 1.82) is 0 Å². The Hall–Kier alpha value is -0.435. The van der Waals surface area contributed by atoms with Gasteiger partial charge in [-0.2, -0.15) is 0 Å². The van der Waals surface area contributed by atoms with E-state index in [9.17, 15) is 12.8 Å². The lowest BCUT2D eigenvalue weighted by atomic mass is 9.86. The summed E-state index contributed by atoms with van der Waals surface area (Å²) in [6.45, 7) is 10.6. The van der Waals surface area contributed by atoms with E-state index < -0.39 is 39.3 Å². The second-order valence-electron chi connectivity index (χ2n) is 6.68. The predicted octanol–water partition coefficient (Wildman–Crippen LogP) is 2.17. The topological polar surface area (TPSA) is 78.6 Å². The van der Waals surface area contributed by atoms with Crippen LogP contribution in [-0.2, 0) is 19.3 Å². The second kappa shape index (κ2) is 5.99. The monoisotopic (exact) mass is 321 g/mol. The van der Waals surface area contributed by atoms with Gasteiger partial charge in [-0.15, -0.1) is 0 Å². The van der Waals surface area contributed by atoms with Crippen LogP contribution in [0.4, 0.5) is 4.39 Å². The molecule has 1 rings (SSSR count). The molecular weight excluding hydrogens is 296 g/mol. The molecule has 0 aromatic carbocycles. The molecule has 0 spiro atoms. The Morgan fingerprint density at radius 2 is 1.67 bits per heavy atom. The van der Waals surface area contributed by atoms with E-state index in [1.54, 1.807) is 6.92 Å². The number of halogens is 1. The molecule has 1 fully saturated rings. The summed E-state index contributed by atoms with van der Waals surface area (Å²) in [5.41, 5.74) is -1.76. The Bertz CT molecular complexity index is 502. The number of hydrogen-bond acceptors (Lipinski definition) is 4. The van der Waals surface area contributed by atoms with Crippen LogP contribution >= 0.6 is 0 Å². The summed E-state index contributed by atoms with van der Waals surface area (Å²) < 4.78 is 47.8. The minimum atomic E-state index is -3.62. The highest BCUT2D eigenvalue weighted by Gasteiger charge is 2.52. The maximum Gasteiger partial charge on any atom is 0.524 e. The van der Waals surface area contributed by atoms with Crippen molar-refractivity contribution in [2.45, 2.75) is 64.4 Å². The standard InChI is InChI=1S/C13H25BFNO4S/c1-9(10(2)21(16,17)18)7-8-11(15)14-19-12(3,4)13(5,6)20-14/h8-10H,7H2,1-6H3,(H2,16,17,18)/b11-8-/t9-,10+/m0/s1. The third-order valence-electron chi connectivity index (χ3n) is 4.48.